The first-order valence-electron chi connectivity index (χ1n) is 16.1. The minimum Gasteiger partial charge on any atom is -0.460 e. The molecule has 2 aromatic rings. The molecule has 2 aromatic carbocycles. The maximum atomic E-state index is 12.5. The molecule has 0 amide bonds. The van der Waals surface area contributed by atoms with Crippen LogP contribution in [0, 0.1) is 22.7 Å². The molecule has 10 heteroatoms. The second-order valence-electron chi connectivity index (χ2n) is 10.8. The van der Waals surface area contributed by atoms with Gasteiger partial charge in [0.1, 0.15) is 36.5 Å². The molecule has 0 atom stereocenters. The Kier molecular flexibility index (Phi) is 14.8. The van der Waals surface area contributed by atoms with Gasteiger partial charge in [-0.25, -0.2) is 9.59 Å². The van der Waals surface area contributed by atoms with Crippen LogP contribution in [0.25, 0.3) is 12.2 Å². The number of carbonyl (C=O) groups is 2. The lowest BCUT2D eigenvalue weighted by molar-refractivity contribution is -0.140. The summed E-state index contributed by atoms with van der Waals surface area (Å²) in [5.41, 5.74) is 3.67. The van der Waals surface area contributed by atoms with Crippen LogP contribution in [-0.4, -0.2) is 100 Å². The summed E-state index contributed by atoms with van der Waals surface area (Å²) < 4.78 is 10.8. The molecule has 1 heterocycles. The largest absolute Gasteiger partial charge is 0.460 e. The Labute approximate surface area is 273 Å². The van der Waals surface area contributed by atoms with Gasteiger partial charge in [-0.2, -0.15) is 10.5 Å². The summed E-state index contributed by atoms with van der Waals surface area (Å²) in [5.74, 6) is -1.25. The van der Waals surface area contributed by atoms with Crippen molar-refractivity contribution in [3.63, 3.8) is 0 Å². The van der Waals surface area contributed by atoms with Gasteiger partial charge in [0.25, 0.3) is 0 Å². The van der Waals surface area contributed by atoms with Crippen molar-refractivity contribution in [3.05, 3.63) is 70.8 Å². The van der Waals surface area contributed by atoms with Crippen LogP contribution in [0.5, 0.6) is 0 Å². The number of nitrogens with zero attached hydrogens (tertiary/aromatic N) is 6. The normalized spacial score (nSPS) is 14.2. The van der Waals surface area contributed by atoms with Gasteiger partial charge in [0.2, 0.25) is 0 Å². The molecule has 0 unspecified atom stereocenters. The fraction of sp³-hybridized carbons (Fsp3) is 0.444. The third kappa shape index (κ3) is 10.8. The van der Waals surface area contributed by atoms with E-state index in [4.69, 9.17) is 9.47 Å². The van der Waals surface area contributed by atoms with E-state index in [2.05, 4.69) is 47.3 Å². The molecule has 0 N–H and O–H groups in total. The second kappa shape index (κ2) is 19.0. The van der Waals surface area contributed by atoms with Crippen LogP contribution in [0.3, 0.4) is 0 Å². The summed E-state index contributed by atoms with van der Waals surface area (Å²) in [6.45, 7) is 16.6. The van der Waals surface area contributed by atoms with Gasteiger partial charge in [-0.05, 0) is 75.2 Å². The van der Waals surface area contributed by atoms with Crippen LogP contribution in [0.15, 0.2) is 59.7 Å². The third-order valence-corrected chi connectivity index (χ3v) is 8.09. The van der Waals surface area contributed by atoms with Crippen LogP contribution in [0.1, 0.15) is 38.8 Å². The lowest BCUT2D eigenvalue weighted by atomic mass is 10.1. The molecule has 0 saturated carbocycles. The van der Waals surface area contributed by atoms with Crippen LogP contribution < -0.4 is 9.80 Å². The van der Waals surface area contributed by atoms with Crippen molar-refractivity contribution >= 4 is 35.5 Å². The van der Waals surface area contributed by atoms with E-state index >= 15 is 0 Å². The third-order valence-electron chi connectivity index (χ3n) is 8.09. The highest BCUT2D eigenvalue weighted by molar-refractivity contribution is 5.98. The van der Waals surface area contributed by atoms with Crippen molar-refractivity contribution in [1.29, 1.82) is 10.5 Å². The first-order valence-corrected chi connectivity index (χ1v) is 16.1. The molecule has 0 bridgehead atoms. The number of esters is 2. The Morgan fingerprint density at radius 3 is 1.26 bits per heavy atom. The molecule has 46 heavy (non-hydrogen) atoms. The average Bonchev–Trinajstić information content (AvgIpc) is 3.09. The number of benzene rings is 2. The molecule has 0 spiro atoms. The number of ether oxygens (including phenoxy) is 2. The number of piperazine rings is 1. The van der Waals surface area contributed by atoms with E-state index < -0.39 is 11.9 Å². The molecule has 1 saturated heterocycles. The van der Waals surface area contributed by atoms with Crippen molar-refractivity contribution in [3.8, 4) is 12.1 Å². The summed E-state index contributed by atoms with van der Waals surface area (Å²) in [5, 5.41) is 19.0. The summed E-state index contributed by atoms with van der Waals surface area (Å²) in [6.07, 6.45) is 3.11. The van der Waals surface area contributed by atoms with Crippen LogP contribution in [0.4, 0.5) is 11.4 Å². The van der Waals surface area contributed by atoms with Gasteiger partial charge >= 0.3 is 11.9 Å². The van der Waals surface area contributed by atoms with Crippen molar-refractivity contribution in [2.24, 2.45) is 0 Å². The van der Waals surface area contributed by atoms with E-state index in [-0.39, 0.29) is 24.4 Å². The minimum absolute atomic E-state index is 0.0300. The average molecular weight is 627 g/mol. The highest BCUT2D eigenvalue weighted by Gasteiger charge is 2.19. The van der Waals surface area contributed by atoms with Gasteiger partial charge < -0.3 is 19.3 Å². The summed E-state index contributed by atoms with van der Waals surface area (Å²) in [7, 11) is 0. The topological polar surface area (TPSA) is 113 Å². The monoisotopic (exact) mass is 626 g/mol. The minimum atomic E-state index is -0.627. The molecule has 10 nitrogen and oxygen atoms in total. The van der Waals surface area contributed by atoms with E-state index in [1.807, 2.05) is 60.7 Å². The fourth-order valence-corrected chi connectivity index (χ4v) is 5.27. The lowest BCUT2D eigenvalue weighted by Crippen LogP contribution is -2.48. The lowest BCUT2D eigenvalue weighted by Gasteiger charge is -2.34. The first kappa shape index (κ1) is 35.8. The highest BCUT2D eigenvalue weighted by Crippen LogP contribution is 2.18. The maximum Gasteiger partial charge on any atom is 0.348 e. The molecular formula is C36H46N6O4. The van der Waals surface area contributed by atoms with Gasteiger partial charge in [0.15, 0.2) is 0 Å². The van der Waals surface area contributed by atoms with Gasteiger partial charge in [0.05, 0.1) is 0 Å². The number of hydrogen-bond donors (Lipinski definition) is 0. The smallest absolute Gasteiger partial charge is 0.348 e. The summed E-state index contributed by atoms with van der Waals surface area (Å²) in [4.78, 5) is 33.9. The summed E-state index contributed by atoms with van der Waals surface area (Å²) in [6, 6.07) is 19.4. The van der Waals surface area contributed by atoms with E-state index in [1.165, 1.54) is 0 Å². The van der Waals surface area contributed by atoms with E-state index in [1.54, 1.807) is 12.2 Å². The van der Waals surface area contributed by atoms with Crippen LogP contribution in [0.2, 0.25) is 0 Å². The van der Waals surface area contributed by atoms with Gasteiger partial charge in [-0.1, -0.05) is 24.3 Å². The van der Waals surface area contributed by atoms with Crippen molar-refractivity contribution in [2.75, 3.05) is 88.5 Å². The second-order valence-corrected chi connectivity index (χ2v) is 10.8. The zero-order valence-electron chi connectivity index (χ0n) is 27.6. The number of nitriles is 2. The Bertz CT molecular complexity index is 1300. The molecule has 1 fully saturated rings. The Morgan fingerprint density at radius 1 is 0.652 bits per heavy atom. The van der Waals surface area contributed by atoms with E-state index in [9.17, 15) is 20.1 Å². The summed E-state index contributed by atoms with van der Waals surface area (Å²) >= 11 is 0. The predicted molar refractivity (Wildman–Crippen MR) is 182 cm³/mol. The molecule has 244 valence electrons. The van der Waals surface area contributed by atoms with Crippen molar-refractivity contribution in [1.82, 2.24) is 9.80 Å². The zero-order valence-corrected chi connectivity index (χ0v) is 27.6. The molecule has 1 aliphatic heterocycles. The highest BCUT2D eigenvalue weighted by atomic mass is 16.5. The first-order chi connectivity index (χ1) is 22.3. The van der Waals surface area contributed by atoms with E-state index in [0.29, 0.717) is 13.1 Å². The standard InChI is InChI=1S/C36H46N6O4/c1-5-41(6-2)33-13-9-29(10-14-33)25-31(27-37)35(43)45-23-21-39-17-19-40(20-18-39)22-24-46-36(44)32(28-38)26-30-11-15-34(16-12-30)42(7-3)8-4/h9-16,25-26H,5-8,17-24H2,1-4H3/b31-25+,32-26+. The Morgan fingerprint density at radius 2 is 0.978 bits per heavy atom. The van der Waals surface area contributed by atoms with Crippen LogP contribution in [-0.2, 0) is 19.1 Å². The SMILES string of the molecule is CCN(CC)c1ccc(/C=C(\C#N)C(=O)OCCN2CCN(CCOC(=O)/C(C#N)=C/c3ccc(N(CC)CC)cc3)CC2)cc1. The zero-order chi connectivity index (χ0) is 33.3. The van der Waals surface area contributed by atoms with Gasteiger partial charge in [-0.15, -0.1) is 0 Å². The molecule has 0 aromatic heterocycles. The Hall–Kier alpha value is -4.64. The maximum absolute atomic E-state index is 12.5. The van der Waals surface area contributed by atoms with Crippen LogP contribution >= 0.6 is 0 Å². The number of anilines is 2. The molecular weight excluding hydrogens is 580 g/mol. The van der Waals surface area contributed by atoms with Gasteiger partial charge in [0, 0.05) is 76.8 Å². The molecule has 0 radical (unpaired) electrons. The van der Waals surface area contributed by atoms with Crippen molar-refractivity contribution in [2.45, 2.75) is 27.7 Å². The predicted octanol–water partition coefficient (Wildman–Crippen LogP) is 4.60. The van der Waals surface area contributed by atoms with Crippen molar-refractivity contribution < 1.29 is 19.1 Å². The van der Waals surface area contributed by atoms with Gasteiger partial charge in [-0.3, -0.25) is 9.80 Å². The molecule has 0 aliphatic carbocycles. The number of hydrogen-bond acceptors (Lipinski definition) is 10. The molecule has 1 aliphatic rings. The number of rotatable bonds is 16. The quantitative estimate of drug-likeness (QED) is 0.149. The molecule has 3 rings (SSSR count). The fourth-order valence-electron chi connectivity index (χ4n) is 5.27. The number of carbonyl (C=O) groups excluding carboxylic acids is 2. The van der Waals surface area contributed by atoms with E-state index in [0.717, 1.165) is 74.9 Å². The Balaban J connectivity index is 1.37.